The topological polar surface area (TPSA) is 174 Å². The zero-order chi connectivity index (χ0) is 21.3. The van der Waals surface area contributed by atoms with Crippen LogP contribution in [0.3, 0.4) is 0 Å². The minimum Gasteiger partial charge on any atom is -0.453 e. The van der Waals surface area contributed by atoms with Crippen molar-refractivity contribution in [3.8, 4) is 0 Å². The summed E-state index contributed by atoms with van der Waals surface area (Å²) < 4.78 is 18.4. The lowest BCUT2D eigenvalue weighted by molar-refractivity contribution is -0.399. The van der Waals surface area contributed by atoms with Crippen LogP contribution in [0, 0.1) is 26.0 Å². The van der Waals surface area contributed by atoms with Gasteiger partial charge < -0.3 is 14.8 Å². The minimum absolute atomic E-state index is 0.0755. The third kappa shape index (κ3) is 3.79. The zero-order valence-electron chi connectivity index (χ0n) is 14.6. The maximum absolute atomic E-state index is 13.9. The number of halogens is 1. The van der Waals surface area contributed by atoms with E-state index in [-0.39, 0.29) is 17.1 Å². The fourth-order valence-corrected chi connectivity index (χ4v) is 2.64. The van der Waals surface area contributed by atoms with Gasteiger partial charge >= 0.3 is 17.5 Å². The van der Waals surface area contributed by atoms with E-state index in [4.69, 9.17) is 0 Å². The molecule has 0 saturated carbocycles. The number of aliphatic hydroxyl groups excluding tert-OH is 1. The highest BCUT2D eigenvalue weighted by Crippen LogP contribution is 2.34. The second-order valence-electron chi connectivity index (χ2n) is 5.77. The van der Waals surface area contributed by atoms with Gasteiger partial charge in [-0.25, -0.2) is 9.78 Å². The number of aromatic nitrogens is 2. The number of hydrogen-bond acceptors (Lipinski definition) is 8. The van der Waals surface area contributed by atoms with Crippen LogP contribution in [0.5, 0.6) is 0 Å². The van der Waals surface area contributed by atoms with E-state index < -0.39 is 39.2 Å². The monoisotopic (exact) mass is 405 g/mol. The van der Waals surface area contributed by atoms with Gasteiger partial charge in [0.05, 0.1) is 28.0 Å². The Balaban J connectivity index is 2.02. The van der Waals surface area contributed by atoms with Crippen molar-refractivity contribution >= 4 is 34.4 Å². The molecule has 1 aromatic heterocycles. The molecule has 29 heavy (non-hydrogen) atoms. The van der Waals surface area contributed by atoms with Crippen LogP contribution < -0.4 is 5.32 Å². The van der Waals surface area contributed by atoms with E-state index in [1.165, 1.54) is 25.3 Å². The molecular weight excluding hydrogens is 393 g/mol. The van der Waals surface area contributed by atoms with Crippen molar-refractivity contribution < 1.29 is 28.9 Å². The van der Waals surface area contributed by atoms with Crippen LogP contribution in [0.1, 0.15) is 17.2 Å². The van der Waals surface area contributed by atoms with Gasteiger partial charge in [-0.05, 0) is 23.3 Å². The maximum atomic E-state index is 13.9. The van der Waals surface area contributed by atoms with E-state index in [1.54, 1.807) is 0 Å². The second-order valence-corrected chi connectivity index (χ2v) is 5.77. The Hall–Kier alpha value is -4.13. The number of nitro benzene ring substituents is 2. The quantitative estimate of drug-likeness (QED) is 0.429. The molecule has 0 saturated heterocycles. The van der Waals surface area contributed by atoms with Gasteiger partial charge in [0, 0.05) is 12.1 Å². The molecule has 12 nitrogen and oxygen atoms in total. The summed E-state index contributed by atoms with van der Waals surface area (Å²) in [6.45, 7) is 0. The van der Waals surface area contributed by atoms with Gasteiger partial charge in [-0.1, -0.05) is 6.07 Å². The number of benzene rings is 2. The average molecular weight is 405 g/mol. The zero-order valence-corrected chi connectivity index (χ0v) is 14.6. The summed E-state index contributed by atoms with van der Waals surface area (Å²) in [6, 6.07) is 5.80. The Morgan fingerprint density at radius 3 is 2.38 bits per heavy atom. The van der Waals surface area contributed by atoms with Gasteiger partial charge in [-0.2, -0.15) is 4.39 Å². The predicted molar refractivity (Wildman–Crippen MR) is 95.9 cm³/mol. The average Bonchev–Trinajstić information content (AvgIpc) is 3.08. The molecule has 13 heteroatoms. The van der Waals surface area contributed by atoms with E-state index in [0.717, 1.165) is 12.1 Å². The first-order chi connectivity index (χ1) is 13.7. The molecule has 150 valence electrons. The Labute approximate surface area is 160 Å². The molecule has 1 heterocycles. The van der Waals surface area contributed by atoms with Crippen molar-refractivity contribution in [3.05, 3.63) is 67.5 Å². The van der Waals surface area contributed by atoms with Gasteiger partial charge in [-0.3, -0.25) is 25.5 Å². The molecule has 0 fully saturated rings. The molecule has 2 aromatic carbocycles. The number of fused-ring (bicyclic) bond motifs is 1. The Bertz CT molecular complexity index is 1110. The van der Waals surface area contributed by atoms with Crippen molar-refractivity contribution in [2.45, 2.75) is 6.10 Å². The van der Waals surface area contributed by atoms with Crippen LogP contribution in [0.25, 0.3) is 11.0 Å². The number of H-pyrrole nitrogens is 1. The maximum Gasteiger partial charge on any atom is 0.413 e. The summed E-state index contributed by atoms with van der Waals surface area (Å²) in [5, 5.41) is 34.9. The number of anilines is 1. The van der Waals surface area contributed by atoms with E-state index >= 15 is 0 Å². The molecule has 1 amide bonds. The number of aliphatic hydroxyl groups is 1. The molecular formula is C16H12FN5O7. The largest absolute Gasteiger partial charge is 0.453 e. The van der Waals surface area contributed by atoms with Crippen molar-refractivity contribution in [2.75, 3.05) is 12.4 Å². The van der Waals surface area contributed by atoms with Crippen LogP contribution in [0.2, 0.25) is 0 Å². The van der Waals surface area contributed by atoms with Gasteiger partial charge in [-0.15, -0.1) is 0 Å². The highest BCUT2D eigenvalue weighted by atomic mass is 19.1. The third-order valence-electron chi connectivity index (χ3n) is 3.99. The van der Waals surface area contributed by atoms with Crippen molar-refractivity contribution in [1.82, 2.24) is 9.97 Å². The van der Waals surface area contributed by atoms with Crippen molar-refractivity contribution in [2.24, 2.45) is 0 Å². The highest BCUT2D eigenvalue weighted by Gasteiger charge is 2.29. The predicted octanol–water partition coefficient (Wildman–Crippen LogP) is 2.78. The molecule has 1 atom stereocenters. The summed E-state index contributed by atoms with van der Waals surface area (Å²) in [4.78, 5) is 37.9. The fraction of sp³-hybridized carbons (Fsp3) is 0.125. The molecule has 0 aliphatic carbocycles. The van der Waals surface area contributed by atoms with Crippen LogP contribution in [0.4, 0.5) is 26.5 Å². The first-order valence-electron chi connectivity index (χ1n) is 7.86. The van der Waals surface area contributed by atoms with Gasteiger partial charge in [0.2, 0.25) is 5.95 Å². The summed E-state index contributed by atoms with van der Waals surface area (Å²) in [7, 11) is 1.17. The summed E-state index contributed by atoms with van der Waals surface area (Å²) in [5.41, 5.74) is -1.49. The minimum atomic E-state index is -1.60. The molecule has 0 aliphatic rings. The van der Waals surface area contributed by atoms with Gasteiger partial charge in [0.15, 0.2) is 0 Å². The summed E-state index contributed by atoms with van der Waals surface area (Å²) >= 11 is 0. The number of rotatable bonds is 5. The van der Waals surface area contributed by atoms with Gasteiger partial charge in [0.25, 0.3) is 5.82 Å². The number of imidazole rings is 1. The smallest absolute Gasteiger partial charge is 0.413 e. The van der Waals surface area contributed by atoms with Crippen LogP contribution in [-0.2, 0) is 4.74 Å². The van der Waals surface area contributed by atoms with Gasteiger partial charge in [0.1, 0.15) is 6.10 Å². The molecule has 3 rings (SSSR count). The first-order valence-corrected chi connectivity index (χ1v) is 7.86. The Kier molecular flexibility index (Phi) is 5.06. The number of nitrogens with zero attached hydrogens (tertiary/aromatic N) is 3. The number of carbonyl (C=O) groups excluding carboxylic acids is 1. The van der Waals surface area contributed by atoms with E-state index in [1.807, 2.05) is 0 Å². The lowest BCUT2D eigenvalue weighted by atomic mass is 9.99. The Morgan fingerprint density at radius 2 is 1.83 bits per heavy atom. The van der Waals surface area contributed by atoms with Crippen LogP contribution in [0.15, 0.2) is 30.3 Å². The molecule has 3 aromatic rings. The second kappa shape index (κ2) is 7.47. The molecule has 0 aliphatic heterocycles. The van der Waals surface area contributed by atoms with Crippen molar-refractivity contribution in [3.63, 3.8) is 0 Å². The number of nitro groups is 2. The number of carbonyl (C=O) groups is 1. The SMILES string of the molecule is COC(=O)Nc1nc2ccc(C(O)c3cc([N+](=O)[O-])c(F)c([N+](=O)[O-])c3)cc2[nH]1. The fourth-order valence-electron chi connectivity index (χ4n) is 2.64. The standard InChI is InChI=1S/C16H12FN5O7/c1-29-16(24)20-15-18-9-3-2-7(4-10(9)19-15)14(23)8-5-11(21(25)26)13(17)12(6-8)22(27)28/h2-6,14,23H,1H3,(H2,18,19,20,24). The molecule has 0 bridgehead atoms. The van der Waals surface area contributed by atoms with Crippen molar-refractivity contribution in [1.29, 1.82) is 0 Å². The normalized spacial score (nSPS) is 11.8. The summed E-state index contributed by atoms with van der Waals surface area (Å²) in [6.07, 6.45) is -2.28. The number of aromatic amines is 1. The number of ether oxygens (including phenoxy) is 1. The van der Waals surface area contributed by atoms with E-state index in [9.17, 15) is 34.5 Å². The van der Waals surface area contributed by atoms with Crippen LogP contribution >= 0.6 is 0 Å². The molecule has 1 unspecified atom stereocenters. The first kappa shape index (κ1) is 19.6. The summed E-state index contributed by atoms with van der Waals surface area (Å²) in [5.74, 6) is -1.52. The molecule has 0 spiro atoms. The van der Waals surface area contributed by atoms with E-state index in [2.05, 4.69) is 20.0 Å². The lowest BCUT2D eigenvalue weighted by Crippen LogP contribution is -2.11. The highest BCUT2D eigenvalue weighted by molar-refractivity contribution is 5.86. The Morgan fingerprint density at radius 1 is 1.21 bits per heavy atom. The lowest BCUT2D eigenvalue weighted by Gasteiger charge is -2.11. The van der Waals surface area contributed by atoms with E-state index in [0.29, 0.717) is 11.0 Å². The number of nitrogens with one attached hydrogen (secondary N) is 2. The third-order valence-corrected chi connectivity index (χ3v) is 3.99. The number of amides is 1. The van der Waals surface area contributed by atoms with Crippen LogP contribution in [-0.4, -0.2) is 38.1 Å². The molecule has 3 N–H and O–H groups in total. The number of hydrogen-bond donors (Lipinski definition) is 3. The number of methoxy groups -OCH3 is 1. The molecule has 0 radical (unpaired) electrons.